The molecule has 0 bridgehead atoms. The van der Waals surface area contributed by atoms with Crippen LogP contribution < -0.4 is 10.6 Å². The van der Waals surface area contributed by atoms with Crippen LogP contribution in [0, 0.1) is 17.5 Å². The molecule has 4 aromatic rings. The topological polar surface area (TPSA) is 66.2 Å². The van der Waals surface area contributed by atoms with E-state index in [-0.39, 0.29) is 34.9 Å². The molecule has 1 atom stereocenters. The van der Waals surface area contributed by atoms with Crippen molar-refractivity contribution in [1.29, 1.82) is 0 Å². The first-order chi connectivity index (χ1) is 16.9. The second-order valence-corrected chi connectivity index (χ2v) is 8.36. The van der Waals surface area contributed by atoms with E-state index < -0.39 is 17.5 Å². The van der Waals surface area contributed by atoms with Crippen molar-refractivity contribution in [2.75, 3.05) is 31.3 Å². The molecule has 0 saturated heterocycles. The van der Waals surface area contributed by atoms with Crippen LogP contribution in [-0.2, 0) is 6.42 Å². The zero-order valence-corrected chi connectivity index (χ0v) is 19.6. The van der Waals surface area contributed by atoms with Gasteiger partial charge in [0, 0.05) is 6.54 Å². The summed E-state index contributed by atoms with van der Waals surface area (Å²) in [5.74, 6) is -2.89. The van der Waals surface area contributed by atoms with Crippen LogP contribution in [0.5, 0.6) is 0 Å². The van der Waals surface area contributed by atoms with Gasteiger partial charge in [0.1, 0.15) is 5.82 Å². The van der Waals surface area contributed by atoms with Gasteiger partial charge in [0.25, 0.3) is 5.89 Å². The summed E-state index contributed by atoms with van der Waals surface area (Å²) in [6, 6.07) is 16.5. The van der Waals surface area contributed by atoms with Gasteiger partial charge in [-0.2, -0.15) is 0 Å². The number of likely N-dealkylation sites (N-methyl/N-ethyl adjacent to an activating group) is 1. The number of halogens is 3. The first-order valence-corrected chi connectivity index (χ1v) is 11.2. The zero-order chi connectivity index (χ0) is 24.9. The number of nitrogens with zero attached hydrogens (tertiary/aromatic N) is 3. The maximum absolute atomic E-state index is 14.8. The molecule has 0 fully saturated rings. The fraction of sp³-hybridized carbons (Fsp3) is 0.231. The maximum atomic E-state index is 14.8. The van der Waals surface area contributed by atoms with Gasteiger partial charge < -0.3 is 20.0 Å². The molecule has 3 aromatic carbocycles. The van der Waals surface area contributed by atoms with E-state index in [0.29, 0.717) is 13.0 Å². The van der Waals surface area contributed by atoms with Crippen molar-refractivity contribution in [1.82, 2.24) is 15.1 Å². The third kappa shape index (κ3) is 5.63. The quantitative estimate of drug-likeness (QED) is 0.298. The van der Waals surface area contributed by atoms with Gasteiger partial charge in [-0.15, -0.1) is 5.10 Å². The SMILES string of the molecule is CCc1ccc(Nc2c(-c3nnc(NC(CN(C)C)c4ccccc4)o3)ccc(F)c2F)c(F)c1. The Labute approximate surface area is 201 Å². The van der Waals surface area contributed by atoms with E-state index in [9.17, 15) is 13.2 Å². The van der Waals surface area contributed by atoms with Gasteiger partial charge in [0.2, 0.25) is 0 Å². The number of benzene rings is 3. The molecule has 4 rings (SSSR count). The van der Waals surface area contributed by atoms with Gasteiger partial charge >= 0.3 is 6.01 Å². The highest BCUT2D eigenvalue weighted by Gasteiger charge is 2.22. The number of anilines is 3. The molecule has 6 nitrogen and oxygen atoms in total. The Morgan fingerprint density at radius 2 is 1.71 bits per heavy atom. The lowest BCUT2D eigenvalue weighted by atomic mass is 10.1. The standard InChI is InChI=1S/C26H26F3N5O/c1-4-16-10-13-21(20(28)14-16)30-24-18(11-12-19(27)23(24)29)25-32-33-26(35-25)31-22(15-34(2)3)17-8-6-5-7-9-17/h5-14,22,30H,4,15H2,1-3H3,(H,31,33). The van der Waals surface area contributed by atoms with E-state index in [1.165, 1.54) is 18.2 Å². The van der Waals surface area contributed by atoms with E-state index in [1.54, 1.807) is 6.07 Å². The van der Waals surface area contributed by atoms with Gasteiger partial charge in [-0.3, -0.25) is 0 Å². The summed E-state index contributed by atoms with van der Waals surface area (Å²) in [5, 5.41) is 13.9. The third-order valence-corrected chi connectivity index (χ3v) is 5.50. The summed E-state index contributed by atoms with van der Waals surface area (Å²) in [5.41, 5.74) is 1.61. The molecule has 0 spiro atoms. The fourth-order valence-electron chi connectivity index (χ4n) is 3.69. The van der Waals surface area contributed by atoms with Crippen LogP contribution in [0.2, 0.25) is 0 Å². The molecule has 1 unspecified atom stereocenters. The first kappa shape index (κ1) is 24.3. The molecule has 0 aliphatic carbocycles. The van der Waals surface area contributed by atoms with Gasteiger partial charge in [0.15, 0.2) is 11.6 Å². The molecule has 0 radical (unpaired) electrons. The summed E-state index contributed by atoms with van der Waals surface area (Å²) in [6.07, 6.45) is 0.645. The number of aryl methyl sites for hydroxylation is 1. The van der Waals surface area contributed by atoms with E-state index >= 15 is 0 Å². The molecule has 0 amide bonds. The molecule has 1 heterocycles. The van der Waals surface area contributed by atoms with Gasteiger partial charge in [-0.25, -0.2) is 13.2 Å². The van der Waals surface area contributed by atoms with Crippen LogP contribution in [0.15, 0.2) is 65.1 Å². The average Bonchev–Trinajstić information content (AvgIpc) is 3.31. The largest absolute Gasteiger partial charge is 0.403 e. The third-order valence-electron chi connectivity index (χ3n) is 5.50. The molecule has 1 aromatic heterocycles. The summed E-state index contributed by atoms with van der Waals surface area (Å²) in [4.78, 5) is 2.01. The highest BCUT2D eigenvalue weighted by molar-refractivity contribution is 5.78. The average molecular weight is 482 g/mol. The zero-order valence-electron chi connectivity index (χ0n) is 19.6. The van der Waals surface area contributed by atoms with Crippen LogP contribution >= 0.6 is 0 Å². The van der Waals surface area contributed by atoms with Crippen molar-refractivity contribution in [3.05, 3.63) is 89.2 Å². The van der Waals surface area contributed by atoms with Gasteiger partial charge in [-0.05, 0) is 55.9 Å². The van der Waals surface area contributed by atoms with Crippen molar-refractivity contribution in [2.45, 2.75) is 19.4 Å². The fourth-order valence-corrected chi connectivity index (χ4v) is 3.69. The van der Waals surface area contributed by atoms with Crippen molar-refractivity contribution < 1.29 is 17.6 Å². The molecule has 2 N–H and O–H groups in total. The van der Waals surface area contributed by atoms with Gasteiger partial charge in [0.05, 0.1) is 23.0 Å². The second kappa shape index (κ2) is 10.6. The summed E-state index contributed by atoms with van der Waals surface area (Å²) < 4.78 is 49.2. The number of nitrogens with one attached hydrogen (secondary N) is 2. The summed E-state index contributed by atoms with van der Waals surface area (Å²) in [6.45, 7) is 2.54. The maximum Gasteiger partial charge on any atom is 0.316 e. The molecule has 182 valence electrons. The predicted molar refractivity (Wildman–Crippen MR) is 130 cm³/mol. The van der Waals surface area contributed by atoms with E-state index in [4.69, 9.17) is 4.42 Å². The molecule has 35 heavy (non-hydrogen) atoms. The minimum atomic E-state index is -1.18. The van der Waals surface area contributed by atoms with Crippen LogP contribution in [-0.4, -0.2) is 35.7 Å². The van der Waals surface area contributed by atoms with Crippen molar-refractivity contribution in [3.63, 3.8) is 0 Å². The monoisotopic (exact) mass is 481 g/mol. The predicted octanol–water partition coefficient (Wildman–Crippen LogP) is 6.17. The highest BCUT2D eigenvalue weighted by Crippen LogP contribution is 2.35. The molecular formula is C26H26F3N5O. The lowest BCUT2D eigenvalue weighted by Gasteiger charge is -2.21. The van der Waals surface area contributed by atoms with Crippen molar-refractivity contribution >= 4 is 17.4 Å². The Morgan fingerprint density at radius 3 is 2.40 bits per heavy atom. The Kier molecular flexibility index (Phi) is 7.36. The van der Waals surface area contributed by atoms with E-state index in [0.717, 1.165) is 17.2 Å². The van der Waals surface area contributed by atoms with Crippen LogP contribution in [0.3, 0.4) is 0 Å². The minimum absolute atomic E-state index is 0.000869. The highest BCUT2D eigenvalue weighted by atomic mass is 19.2. The smallest absolute Gasteiger partial charge is 0.316 e. The summed E-state index contributed by atoms with van der Waals surface area (Å²) >= 11 is 0. The lowest BCUT2D eigenvalue weighted by molar-refractivity contribution is 0.383. The second-order valence-electron chi connectivity index (χ2n) is 8.36. The van der Waals surface area contributed by atoms with E-state index in [1.807, 2.05) is 56.3 Å². The lowest BCUT2D eigenvalue weighted by Crippen LogP contribution is -2.25. The van der Waals surface area contributed by atoms with E-state index in [2.05, 4.69) is 20.8 Å². The Bertz CT molecular complexity index is 1290. The minimum Gasteiger partial charge on any atom is -0.403 e. The number of hydrogen-bond donors (Lipinski definition) is 2. The molecule has 0 saturated carbocycles. The van der Waals surface area contributed by atoms with Crippen LogP contribution in [0.4, 0.5) is 30.6 Å². The first-order valence-electron chi connectivity index (χ1n) is 11.2. The Hall–Kier alpha value is -3.85. The van der Waals surface area contributed by atoms with Crippen LogP contribution in [0.25, 0.3) is 11.5 Å². The number of aromatic nitrogens is 2. The molecule has 0 aliphatic heterocycles. The molecule has 0 aliphatic rings. The van der Waals surface area contributed by atoms with Crippen molar-refractivity contribution in [3.8, 4) is 11.5 Å². The number of rotatable bonds is 9. The Balaban J connectivity index is 1.65. The van der Waals surface area contributed by atoms with Crippen LogP contribution in [0.1, 0.15) is 24.1 Å². The Morgan fingerprint density at radius 1 is 0.943 bits per heavy atom. The normalized spacial score (nSPS) is 12.1. The molecular weight excluding hydrogens is 455 g/mol. The van der Waals surface area contributed by atoms with Crippen molar-refractivity contribution in [2.24, 2.45) is 0 Å². The molecule has 9 heteroatoms. The summed E-state index contributed by atoms with van der Waals surface area (Å²) in [7, 11) is 3.89. The number of hydrogen-bond acceptors (Lipinski definition) is 6. The van der Waals surface area contributed by atoms with Gasteiger partial charge in [-0.1, -0.05) is 48.4 Å².